The second-order valence-electron chi connectivity index (χ2n) is 5.93. The zero-order valence-electron chi connectivity index (χ0n) is 11.6. The molecular formula is C17H22O2. The van der Waals surface area contributed by atoms with E-state index in [-0.39, 0.29) is 12.0 Å². The molecule has 1 fully saturated rings. The molecule has 3 rings (SSSR count). The topological polar surface area (TPSA) is 26.3 Å². The van der Waals surface area contributed by atoms with Crippen molar-refractivity contribution in [3.8, 4) is 0 Å². The van der Waals surface area contributed by atoms with Crippen molar-refractivity contribution in [3.05, 3.63) is 35.4 Å². The molecule has 0 saturated carbocycles. The normalized spacial score (nSPS) is 30.1. The highest BCUT2D eigenvalue weighted by Gasteiger charge is 2.32. The summed E-state index contributed by atoms with van der Waals surface area (Å²) < 4.78 is 5.52. The molecule has 1 heterocycles. The van der Waals surface area contributed by atoms with Gasteiger partial charge in [0.15, 0.2) is 0 Å². The minimum absolute atomic E-state index is 0.117. The Morgan fingerprint density at radius 1 is 1.32 bits per heavy atom. The van der Waals surface area contributed by atoms with Crippen molar-refractivity contribution in [3.63, 3.8) is 0 Å². The molecule has 3 atom stereocenters. The third-order valence-corrected chi connectivity index (χ3v) is 4.73. The van der Waals surface area contributed by atoms with Gasteiger partial charge < -0.3 is 4.74 Å². The summed E-state index contributed by atoms with van der Waals surface area (Å²) in [6.45, 7) is 2.78. The number of rotatable bonds is 3. The summed E-state index contributed by atoms with van der Waals surface area (Å²) in [5, 5.41) is 0. The summed E-state index contributed by atoms with van der Waals surface area (Å²) in [7, 11) is 0. The molecule has 0 spiro atoms. The van der Waals surface area contributed by atoms with E-state index in [1.165, 1.54) is 24.0 Å². The van der Waals surface area contributed by atoms with E-state index in [0.717, 1.165) is 19.4 Å². The van der Waals surface area contributed by atoms with Gasteiger partial charge in [-0.2, -0.15) is 0 Å². The van der Waals surface area contributed by atoms with Crippen LogP contribution in [0.25, 0.3) is 0 Å². The number of benzene rings is 1. The van der Waals surface area contributed by atoms with Crippen LogP contribution in [0.3, 0.4) is 0 Å². The molecule has 2 aliphatic rings. The number of fused-ring (bicyclic) bond motifs is 1. The highest BCUT2D eigenvalue weighted by atomic mass is 16.5. The van der Waals surface area contributed by atoms with Gasteiger partial charge in [-0.05, 0) is 49.7 Å². The molecule has 1 aromatic rings. The predicted octanol–water partition coefficient (Wildman–Crippen LogP) is 3.49. The number of hydrogen-bond donors (Lipinski definition) is 0. The lowest BCUT2D eigenvalue weighted by Crippen LogP contribution is -2.24. The summed E-state index contributed by atoms with van der Waals surface area (Å²) in [6.07, 6.45) is 5.27. The molecule has 1 aliphatic carbocycles. The molecule has 19 heavy (non-hydrogen) atoms. The molecule has 1 aromatic carbocycles. The van der Waals surface area contributed by atoms with Crippen LogP contribution in [0.1, 0.15) is 49.7 Å². The smallest absolute Gasteiger partial charge is 0.139 e. The molecule has 3 unspecified atom stereocenters. The van der Waals surface area contributed by atoms with Crippen LogP contribution < -0.4 is 0 Å². The first kappa shape index (κ1) is 12.9. The average molecular weight is 258 g/mol. The summed E-state index contributed by atoms with van der Waals surface area (Å²) in [6, 6.07) is 8.63. The van der Waals surface area contributed by atoms with E-state index in [1.54, 1.807) is 0 Å². The number of ether oxygens (including phenoxy) is 1. The minimum atomic E-state index is 0.117. The summed E-state index contributed by atoms with van der Waals surface area (Å²) >= 11 is 0. The Balaban J connectivity index is 1.72. The fraction of sp³-hybridized carbons (Fsp3) is 0.588. The van der Waals surface area contributed by atoms with Crippen LogP contribution in [0.4, 0.5) is 0 Å². The number of Topliss-reactive ketones (excluding diaryl/α,β-unsaturated/α-hetero) is 1. The van der Waals surface area contributed by atoms with E-state index < -0.39 is 0 Å². The Kier molecular flexibility index (Phi) is 3.69. The first-order chi connectivity index (χ1) is 9.25. The lowest BCUT2D eigenvalue weighted by Gasteiger charge is -2.26. The fourth-order valence-electron chi connectivity index (χ4n) is 3.62. The maximum Gasteiger partial charge on any atom is 0.139 e. The fourth-order valence-corrected chi connectivity index (χ4v) is 3.62. The van der Waals surface area contributed by atoms with Crippen molar-refractivity contribution >= 4 is 5.78 Å². The van der Waals surface area contributed by atoms with Crippen LogP contribution >= 0.6 is 0 Å². The Hall–Kier alpha value is -1.15. The van der Waals surface area contributed by atoms with Gasteiger partial charge in [0, 0.05) is 18.9 Å². The number of aryl methyl sites for hydroxylation is 1. The van der Waals surface area contributed by atoms with E-state index in [0.29, 0.717) is 18.1 Å². The van der Waals surface area contributed by atoms with Crippen LogP contribution in [0, 0.1) is 5.92 Å². The lowest BCUT2D eigenvalue weighted by atomic mass is 9.78. The molecule has 0 N–H and O–H groups in total. The largest absolute Gasteiger partial charge is 0.378 e. The first-order valence-electron chi connectivity index (χ1n) is 7.48. The van der Waals surface area contributed by atoms with Gasteiger partial charge in [0.1, 0.15) is 5.78 Å². The number of hydrogen-bond acceptors (Lipinski definition) is 2. The van der Waals surface area contributed by atoms with Crippen molar-refractivity contribution in [2.45, 2.75) is 51.0 Å². The molecule has 1 aliphatic heterocycles. The summed E-state index contributed by atoms with van der Waals surface area (Å²) in [5.41, 5.74) is 2.86. The monoisotopic (exact) mass is 258 g/mol. The maximum absolute atomic E-state index is 12.5. The number of carbonyl (C=O) groups is 1. The standard InChI is InChI=1S/C17H22O2/c1-12-15(9-10-19-12)17(18)11-14-7-4-6-13-5-2-3-8-16(13)14/h2-3,5,8,12,14-15H,4,6-7,9-11H2,1H3. The van der Waals surface area contributed by atoms with Crippen molar-refractivity contribution in [1.29, 1.82) is 0 Å². The highest BCUT2D eigenvalue weighted by Crippen LogP contribution is 2.36. The van der Waals surface area contributed by atoms with Gasteiger partial charge in [-0.15, -0.1) is 0 Å². The van der Waals surface area contributed by atoms with E-state index in [4.69, 9.17) is 4.74 Å². The van der Waals surface area contributed by atoms with E-state index >= 15 is 0 Å². The van der Waals surface area contributed by atoms with Crippen LogP contribution in [-0.4, -0.2) is 18.5 Å². The lowest BCUT2D eigenvalue weighted by molar-refractivity contribution is -0.124. The number of carbonyl (C=O) groups excluding carboxylic acids is 1. The van der Waals surface area contributed by atoms with E-state index in [9.17, 15) is 4.79 Å². The van der Waals surface area contributed by atoms with E-state index in [1.807, 2.05) is 6.92 Å². The van der Waals surface area contributed by atoms with Crippen molar-refractivity contribution in [2.24, 2.45) is 5.92 Å². The molecule has 2 nitrogen and oxygen atoms in total. The number of ketones is 1. The third-order valence-electron chi connectivity index (χ3n) is 4.73. The average Bonchev–Trinajstić information content (AvgIpc) is 2.85. The SMILES string of the molecule is CC1OCCC1C(=O)CC1CCCc2ccccc21. The summed E-state index contributed by atoms with van der Waals surface area (Å²) in [5.74, 6) is 0.978. The minimum Gasteiger partial charge on any atom is -0.378 e. The van der Waals surface area contributed by atoms with Gasteiger partial charge in [-0.1, -0.05) is 24.3 Å². The van der Waals surface area contributed by atoms with Crippen molar-refractivity contribution in [1.82, 2.24) is 0 Å². The predicted molar refractivity (Wildman–Crippen MR) is 75.3 cm³/mol. The quantitative estimate of drug-likeness (QED) is 0.829. The van der Waals surface area contributed by atoms with Crippen LogP contribution in [0.5, 0.6) is 0 Å². The zero-order valence-corrected chi connectivity index (χ0v) is 11.6. The van der Waals surface area contributed by atoms with Gasteiger partial charge in [-0.3, -0.25) is 4.79 Å². The van der Waals surface area contributed by atoms with Gasteiger partial charge in [0.2, 0.25) is 0 Å². The molecule has 102 valence electrons. The molecule has 0 radical (unpaired) electrons. The van der Waals surface area contributed by atoms with Gasteiger partial charge >= 0.3 is 0 Å². The van der Waals surface area contributed by atoms with Gasteiger partial charge in [-0.25, -0.2) is 0 Å². The Morgan fingerprint density at radius 2 is 2.16 bits per heavy atom. The Labute approximate surface area is 115 Å². The van der Waals surface area contributed by atoms with Crippen LogP contribution in [0.2, 0.25) is 0 Å². The van der Waals surface area contributed by atoms with Crippen molar-refractivity contribution in [2.75, 3.05) is 6.61 Å². The van der Waals surface area contributed by atoms with E-state index in [2.05, 4.69) is 24.3 Å². The molecule has 0 amide bonds. The van der Waals surface area contributed by atoms with Gasteiger partial charge in [0.05, 0.1) is 6.10 Å². The maximum atomic E-state index is 12.5. The third kappa shape index (κ3) is 2.59. The van der Waals surface area contributed by atoms with Crippen molar-refractivity contribution < 1.29 is 9.53 Å². The highest BCUT2D eigenvalue weighted by molar-refractivity contribution is 5.82. The second kappa shape index (κ2) is 5.46. The molecule has 2 heteroatoms. The second-order valence-corrected chi connectivity index (χ2v) is 5.93. The molecule has 1 saturated heterocycles. The molecule has 0 aromatic heterocycles. The Morgan fingerprint density at radius 3 is 2.95 bits per heavy atom. The summed E-state index contributed by atoms with van der Waals surface area (Å²) in [4.78, 5) is 12.5. The molecular weight excluding hydrogens is 236 g/mol. The van der Waals surface area contributed by atoms with Crippen LogP contribution in [-0.2, 0) is 16.0 Å². The molecule has 0 bridgehead atoms. The van der Waals surface area contributed by atoms with Crippen LogP contribution in [0.15, 0.2) is 24.3 Å². The first-order valence-corrected chi connectivity index (χ1v) is 7.48. The van der Waals surface area contributed by atoms with Gasteiger partial charge in [0.25, 0.3) is 0 Å². The Bertz CT molecular complexity index is 466. The zero-order chi connectivity index (χ0) is 13.2.